The molecule has 2 fully saturated rings. The summed E-state index contributed by atoms with van der Waals surface area (Å²) in [7, 11) is 0. The number of piperidine rings is 1. The quantitative estimate of drug-likeness (QED) is 0.826. The van der Waals surface area contributed by atoms with Crippen LogP contribution in [0.3, 0.4) is 0 Å². The molecule has 3 aliphatic heterocycles. The molecule has 2 N–H and O–H groups in total. The van der Waals surface area contributed by atoms with Crippen LogP contribution >= 0.6 is 0 Å². The molecule has 0 saturated carbocycles. The van der Waals surface area contributed by atoms with Crippen molar-refractivity contribution in [3.05, 3.63) is 35.4 Å². The van der Waals surface area contributed by atoms with Gasteiger partial charge in [0.25, 0.3) is 0 Å². The van der Waals surface area contributed by atoms with E-state index in [0.29, 0.717) is 32.5 Å². The standard InChI is InChI=1S/C19H23N3O4/c23-16-9-15(18(25)26)19(20-16)5-7-22(8-6-19)17(24)12-21-10-13-3-1-2-4-14(13)11-21/h1-4,15H,5-12H2,(H,20,23)(H,25,26). The molecule has 7 heteroatoms. The number of carboxylic acid groups (broad SMARTS) is 1. The van der Waals surface area contributed by atoms with E-state index in [1.54, 1.807) is 4.90 Å². The number of nitrogens with one attached hydrogen (secondary N) is 1. The molecule has 0 aromatic heterocycles. The minimum absolute atomic E-state index is 0.0370. The Morgan fingerprint density at radius 3 is 2.35 bits per heavy atom. The monoisotopic (exact) mass is 357 g/mol. The first-order chi connectivity index (χ1) is 12.5. The Balaban J connectivity index is 1.34. The molecule has 3 aliphatic rings. The Bertz CT molecular complexity index is 730. The zero-order valence-electron chi connectivity index (χ0n) is 14.6. The number of amides is 2. The number of carbonyl (C=O) groups is 3. The predicted molar refractivity (Wildman–Crippen MR) is 93.0 cm³/mol. The van der Waals surface area contributed by atoms with Gasteiger partial charge >= 0.3 is 5.97 Å². The molecule has 4 rings (SSSR count). The van der Waals surface area contributed by atoms with E-state index in [4.69, 9.17) is 0 Å². The Labute approximate surface area is 152 Å². The van der Waals surface area contributed by atoms with Gasteiger partial charge in [-0.3, -0.25) is 19.3 Å². The van der Waals surface area contributed by atoms with Crippen LogP contribution in [0.1, 0.15) is 30.4 Å². The molecule has 0 aliphatic carbocycles. The van der Waals surface area contributed by atoms with Crippen LogP contribution in [0.25, 0.3) is 0 Å². The largest absolute Gasteiger partial charge is 0.481 e. The summed E-state index contributed by atoms with van der Waals surface area (Å²) in [6.45, 7) is 2.93. The van der Waals surface area contributed by atoms with Crippen molar-refractivity contribution in [1.82, 2.24) is 15.1 Å². The maximum atomic E-state index is 12.7. The van der Waals surface area contributed by atoms with Gasteiger partial charge in [-0.1, -0.05) is 24.3 Å². The van der Waals surface area contributed by atoms with E-state index < -0.39 is 17.4 Å². The molecule has 2 amide bonds. The second-order valence-electron chi connectivity index (χ2n) is 7.59. The Morgan fingerprint density at radius 1 is 1.15 bits per heavy atom. The van der Waals surface area contributed by atoms with Gasteiger partial charge in [-0.15, -0.1) is 0 Å². The summed E-state index contributed by atoms with van der Waals surface area (Å²) in [5.74, 6) is -1.76. The Hall–Kier alpha value is -2.41. The molecule has 7 nitrogen and oxygen atoms in total. The molecule has 3 heterocycles. The topological polar surface area (TPSA) is 90.0 Å². The fraction of sp³-hybridized carbons (Fsp3) is 0.526. The van der Waals surface area contributed by atoms with Crippen LogP contribution in [0, 0.1) is 5.92 Å². The third-order valence-electron chi connectivity index (χ3n) is 6.02. The summed E-state index contributed by atoms with van der Waals surface area (Å²) < 4.78 is 0. The van der Waals surface area contributed by atoms with Gasteiger partial charge in [0.1, 0.15) is 0 Å². The second kappa shape index (κ2) is 6.39. The van der Waals surface area contributed by atoms with E-state index in [2.05, 4.69) is 22.3 Å². The predicted octanol–water partition coefficient (Wildman–Crippen LogP) is 0.584. The van der Waals surface area contributed by atoms with Crippen molar-refractivity contribution < 1.29 is 19.5 Å². The molecule has 1 aromatic carbocycles. The van der Waals surface area contributed by atoms with Crippen molar-refractivity contribution in [3.8, 4) is 0 Å². The van der Waals surface area contributed by atoms with Crippen LogP contribution in [-0.4, -0.2) is 57.9 Å². The molecule has 1 atom stereocenters. The highest BCUT2D eigenvalue weighted by Crippen LogP contribution is 2.37. The molecular weight excluding hydrogens is 334 g/mol. The number of benzene rings is 1. The number of carboxylic acids is 1. The number of likely N-dealkylation sites (tertiary alicyclic amines) is 1. The average molecular weight is 357 g/mol. The lowest BCUT2D eigenvalue weighted by molar-refractivity contribution is -0.145. The van der Waals surface area contributed by atoms with Crippen LogP contribution < -0.4 is 5.32 Å². The zero-order chi connectivity index (χ0) is 18.3. The van der Waals surface area contributed by atoms with E-state index in [1.165, 1.54) is 11.1 Å². The van der Waals surface area contributed by atoms with Crippen molar-refractivity contribution >= 4 is 17.8 Å². The lowest BCUT2D eigenvalue weighted by Crippen LogP contribution is -2.57. The number of hydrogen-bond donors (Lipinski definition) is 2. The number of nitrogens with zero attached hydrogens (tertiary/aromatic N) is 2. The Kier molecular flexibility index (Phi) is 4.19. The normalized spacial score (nSPS) is 24.5. The minimum atomic E-state index is -0.932. The lowest BCUT2D eigenvalue weighted by atomic mass is 9.77. The molecule has 0 bridgehead atoms. The summed E-state index contributed by atoms with van der Waals surface area (Å²) in [4.78, 5) is 39.8. The number of rotatable bonds is 3. The number of aliphatic carboxylic acids is 1. The van der Waals surface area contributed by atoms with Gasteiger partial charge in [-0.2, -0.15) is 0 Å². The summed E-state index contributed by atoms with van der Waals surface area (Å²) in [5, 5.41) is 12.3. The number of hydrogen-bond acceptors (Lipinski definition) is 4. The highest BCUT2D eigenvalue weighted by molar-refractivity contribution is 5.88. The average Bonchev–Trinajstić information content (AvgIpc) is 3.15. The highest BCUT2D eigenvalue weighted by Gasteiger charge is 2.52. The molecular formula is C19H23N3O4. The third-order valence-corrected chi connectivity index (χ3v) is 6.02. The first-order valence-corrected chi connectivity index (χ1v) is 9.07. The van der Waals surface area contributed by atoms with E-state index in [1.807, 2.05) is 12.1 Å². The summed E-state index contributed by atoms with van der Waals surface area (Å²) in [6, 6.07) is 8.23. The maximum Gasteiger partial charge on any atom is 0.309 e. The fourth-order valence-electron chi connectivity index (χ4n) is 4.56. The van der Waals surface area contributed by atoms with Crippen LogP contribution in [0.5, 0.6) is 0 Å². The van der Waals surface area contributed by atoms with Crippen molar-refractivity contribution in [2.45, 2.75) is 37.9 Å². The summed E-state index contributed by atoms with van der Waals surface area (Å²) in [6.07, 6.45) is 1.04. The number of carbonyl (C=O) groups excluding carboxylic acids is 2. The molecule has 138 valence electrons. The van der Waals surface area contributed by atoms with E-state index in [0.717, 1.165) is 13.1 Å². The highest BCUT2D eigenvalue weighted by atomic mass is 16.4. The van der Waals surface area contributed by atoms with Crippen LogP contribution in [0.2, 0.25) is 0 Å². The van der Waals surface area contributed by atoms with E-state index >= 15 is 0 Å². The van der Waals surface area contributed by atoms with Gasteiger partial charge in [-0.25, -0.2) is 0 Å². The van der Waals surface area contributed by atoms with Crippen molar-refractivity contribution in [2.24, 2.45) is 5.92 Å². The summed E-state index contributed by atoms with van der Waals surface area (Å²) in [5.41, 5.74) is 1.86. The van der Waals surface area contributed by atoms with Crippen molar-refractivity contribution in [3.63, 3.8) is 0 Å². The SMILES string of the molecule is O=C1CC(C(=O)O)C2(CCN(C(=O)CN3Cc4ccccc4C3)CC2)N1. The molecule has 2 saturated heterocycles. The van der Waals surface area contributed by atoms with Crippen molar-refractivity contribution in [2.75, 3.05) is 19.6 Å². The summed E-state index contributed by atoms with van der Waals surface area (Å²) >= 11 is 0. The van der Waals surface area contributed by atoms with Gasteiger partial charge in [0.2, 0.25) is 11.8 Å². The van der Waals surface area contributed by atoms with Gasteiger partial charge in [0, 0.05) is 32.6 Å². The molecule has 0 radical (unpaired) electrons. The van der Waals surface area contributed by atoms with Crippen LogP contribution in [0.4, 0.5) is 0 Å². The zero-order valence-corrected chi connectivity index (χ0v) is 14.6. The van der Waals surface area contributed by atoms with Gasteiger partial charge in [-0.05, 0) is 24.0 Å². The van der Waals surface area contributed by atoms with Crippen LogP contribution in [-0.2, 0) is 27.5 Å². The first-order valence-electron chi connectivity index (χ1n) is 9.07. The van der Waals surface area contributed by atoms with Gasteiger partial charge < -0.3 is 15.3 Å². The minimum Gasteiger partial charge on any atom is -0.481 e. The molecule has 1 spiro atoms. The van der Waals surface area contributed by atoms with E-state index in [-0.39, 0.29) is 18.2 Å². The van der Waals surface area contributed by atoms with Crippen molar-refractivity contribution in [1.29, 1.82) is 0 Å². The molecule has 26 heavy (non-hydrogen) atoms. The molecule has 1 unspecified atom stereocenters. The van der Waals surface area contributed by atoms with Gasteiger partial charge in [0.05, 0.1) is 18.0 Å². The maximum absolute atomic E-state index is 12.7. The van der Waals surface area contributed by atoms with E-state index in [9.17, 15) is 19.5 Å². The second-order valence-corrected chi connectivity index (χ2v) is 7.59. The Morgan fingerprint density at radius 2 is 1.77 bits per heavy atom. The number of fused-ring (bicyclic) bond motifs is 1. The smallest absolute Gasteiger partial charge is 0.309 e. The lowest BCUT2D eigenvalue weighted by Gasteiger charge is -2.41. The molecule has 1 aromatic rings. The third kappa shape index (κ3) is 2.96. The van der Waals surface area contributed by atoms with Crippen LogP contribution in [0.15, 0.2) is 24.3 Å². The first kappa shape index (κ1) is 17.0. The van der Waals surface area contributed by atoms with Gasteiger partial charge in [0.15, 0.2) is 0 Å². The fourth-order valence-corrected chi connectivity index (χ4v) is 4.56.